The summed E-state index contributed by atoms with van der Waals surface area (Å²) in [4.78, 5) is 6.92. The lowest BCUT2D eigenvalue weighted by Crippen LogP contribution is -2.08. The highest BCUT2D eigenvalue weighted by Gasteiger charge is 2.16. The first kappa shape index (κ1) is 12.4. The minimum atomic E-state index is -0.209. The fourth-order valence-electron chi connectivity index (χ4n) is 2.09. The molecule has 0 aromatic carbocycles. The molecule has 98 valence electrons. The van der Waals surface area contributed by atoms with Gasteiger partial charge in [0.05, 0.1) is 6.04 Å². The summed E-state index contributed by atoms with van der Waals surface area (Å²) in [5, 5.41) is 0. The van der Waals surface area contributed by atoms with E-state index in [1.807, 2.05) is 25.1 Å². The van der Waals surface area contributed by atoms with Crippen LogP contribution in [-0.2, 0) is 6.42 Å². The second-order valence-electron chi connectivity index (χ2n) is 4.62. The predicted octanol–water partition coefficient (Wildman–Crippen LogP) is 3.81. The van der Waals surface area contributed by atoms with Crippen molar-refractivity contribution in [3.8, 4) is 0 Å². The summed E-state index contributed by atoms with van der Waals surface area (Å²) in [6, 6.07) is 9.84. The van der Waals surface area contributed by atoms with Crippen molar-refractivity contribution in [3.05, 3.63) is 51.5 Å². The average molecular weight is 272 g/mol. The molecule has 0 fully saturated rings. The lowest BCUT2D eigenvalue weighted by Gasteiger charge is -2.04. The van der Waals surface area contributed by atoms with Gasteiger partial charge in [-0.25, -0.2) is 4.98 Å². The molecule has 0 aliphatic carbocycles. The molecule has 3 rings (SSSR count). The summed E-state index contributed by atoms with van der Waals surface area (Å²) in [6.07, 6.45) is 1.04. The summed E-state index contributed by atoms with van der Waals surface area (Å²) in [5.74, 6) is 0.776. The van der Waals surface area contributed by atoms with Gasteiger partial charge in [-0.3, -0.25) is 0 Å². The van der Waals surface area contributed by atoms with Crippen LogP contribution in [0.5, 0.6) is 0 Å². The van der Waals surface area contributed by atoms with Crippen LogP contribution in [0, 0.1) is 6.92 Å². The van der Waals surface area contributed by atoms with E-state index in [4.69, 9.17) is 10.2 Å². The normalized spacial score (nSPS) is 13.0. The molecule has 4 heteroatoms. The highest BCUT2D eigenvalue weighted by molar-refractivity contribution is 7.12. The topological polar surface area (TPSA) is 52.0 Å². The molecule has 19 heavy (non-hydrogen) atoms. The number of hydrogen-bond donors (Lipinski definition) is 1. The summed E-state index contributed by atoms with van der Waals surface area (Å²) < 4.78 is 5.80. The van der Waals surface area contributed by atoms with Gasteiger partial charge in [-0.05, 0) is 37.6 Å². The first-order valence-electron chi connectivity index (χ1n) is 6.38. The van der Waals surface area contributed by atoms with Crippen molar-refractivity contribution in [1.82, 2.24) is 4.98 Å². The Labute approximate surface area is 116 Å². The molecule has 0 aliphatic rings. The Morgan fingerprint density at radius 1 is 1.32 bits per heavy atom. The van der Waals surface area contributed by atoms with E-state index in [1.54, 1.807) is 11.3 Å². The van der Waals surface area contributed by atoms with E-state index in [9.17, 15) is 0 Å². The van der Waals surface area contributed by atoms with Gasteiger partial charge < -0.3 is 10.2 Å². The zero-order valence-electron chi connectivity index (χ0n) is 11.0. The third kappa shape index (κ3) is 2.29. The predicted molar refractivity (Wildman–Crippen MR) is 78.5 cm³/mol. The maximum atomic E-state index is 6.28. The number of nitrogens with two attached hydrogens (primary N) is 1. The second kappa shape index (κ2) is 4.79. The van der Waals surface area contributed by atoms with Crippen molar-refractivity contribution in [3.63, 3.8) is 0 Å². The van der Waals surface area contributed by atoms with Crippen molar-refractivity contribution < 1.29 is 4.42 Å². The molecule has 3 aromatic heterocycles. The minimum Gasteiger partial charge on any atom is -0.457 e. The van der Waals surface area contributed by atoms with E-state index in [0.717, 1.165) is 33.9 Å². The number of aryl methyl sites for hydroxylation is 2. The van der Waals surface area contributed by atoms with Gasteiger partial charge in [0, 0.05) is 21.5 Å². The zero-order valence-corrected chi connectivity index (χ0v) is 11.8. The first-order valence-corrected chi connectivity index (χ1v) is 7.20. The van der Waals surface area contributed by atoms with Gasteiger partial charge in [0.25, 0.3) is 0 Å². The van der Waals surface area contributed by atoms with Crippen LogP contribution >= 0.6 is 11.3 Å². The van der Waals surface area contributed by atoms with Crippen molar-refractivity contribution in [2.75, 3.05) is 0 Å². The Kier molecular flexibility index (Phi) is 3.12. The Morgan fingerprint density at radius 3 is 2.89 bits per heavy atom. The summed E-state index contributed by atoms with van der Waals surface area (Å²) in [6.45, 7) is 4.12. The number of hydrogen-bond acceptors (Lipinski definition) is 4. The molecule has 3 nitrogen and oxygen atoms in total. The summed E-state index contributed by atoms with van der Waals surface area (Å²) >= 11 is 1.74. The lowest BCUT2D eigenvalue weighted by molar-refractivity contribution is 0.527. The van der Waals surface area contributed by atoms with Gasteiger partial charge in [0.15, 0.2) is 5.58 Å². The van der Waals surface area contributed by atoms with Crippen LogP contribution in [0.1, 0.15) is 34.2 Å². The molecule has 0 saturated heterocycles. The maximum Gasteiger partial charge on any atom is 0.152 e. The number of furan rings is 1. The molecule has 1 atom stereocenters. The minimum absolute atomic E-state index is 0.209. The van der Waals surface area contributed by atoms with Gasteiger partial charge in [-0.1, -0.05) is 6.92 Å². The number of rotatable bonds is 3. The molecule has 0 bridgehead atoms. The third-order valence-corrected chi connectivity index (χ3v) is 4.49. The van der Waals surface area contributed by atoms with Crippen LogP contribution in [-0.4, -0.2) is 4.98 Å². The fourth-order valence-corrected chi connectivity index (χ4v) is 3.05. The van der Waals surface area contributed by atoms with Crippen molar-refractivity contribution in [2.45, 2.75) is 26.3 Å². The van der Waals surface area contributed by atoms with E-state index in [0.29, 0.717) is 0 Å². The molecule has 0 aliphatic heterocycles. The van der Waals surface area contributed by atoms with Crippen LogP contribution in [0.15, 0.2) is 34.7 Å². The highest BCUT2D eigenvalue weighted by atomic mass is 32.1. The van der Waals surface area contributed by atoms with E-state index in [1.165, 1.54) is 4.88 Å². The molecule has 0 radical (unpaired) electrons. The van der Waals surface area contributed by atoms with Gasteiger partial charge in [-0.2, -0.15) is 0 Å². The van der Waals surface area contributed by atoms with Gasteiger partial charge in [0.1, 0.15) is 11.3 Å². The quantitative estimate of drug-likeness (QED) is 0.788. The monoisotopic (exact) mass is 272 g/mol. The van der Waals surface area contributed by atoms with E-state index < -0.39 is 0 Å². The van der Waals surface area contributed by atoms with Crippen LogP contribution in [0.25, 0.3) is 11.1 Å². The van der Waals surface area contributed by atoms with E-state index >= 15 is 0 Å². The van der Waals surface area contributed by atoms with Gasteiger partial charge >= 0.3 is 0 Å². The third-order valence-electron chi connectivity index (χ3n) is 3.18. The molecule has 0 amide bonds. The van der Waals surface area contributed by atoms with Crippen LogP contribution in [0.3, 0.4) is 0 Å². The highest BCUT2D eigenvalue weighted by Crippen LogP contribution is 2.30. The van der Waals surface area contributed by atoms with Crippen LogP contribution in [0.4, 0.5) is 0 Å². The largest absolute Gasteiger partial charge is 0.457 e. The Bertz CT molecular complexity index is 714. The number of thiophene rings is 1. The number of aromatic nitrogens is 1. The number of nitrogens with zero attached hydrogens (tertiary/aromatic N) is 1. The lowest BCUT2D eigenvalue weighted by atomic mass is 10.2. The Hall–Kier alpha value is -1.65. The van der Waals surface area contributed by atoms with E-state index in [2.05, 4.69) is 24.0 Å². The molecular formula is C15H16N2OS. The van der Waals surface area contributed by atoms with Crippen LogP contribution < -0.4 is 5.73 Å². The smallest absolute Gasteiger partial charge is 0.152 e. The maximum absolute atomic E-state index is 6.28. The molecule has 0 spiro atoms. The van der Waals surface area contributed by atoms with Crippen molar-refractivity contribution in [2.24, 2.45) is 5.73 Å². The SMILES string of the molecule is CCc1ccc(C(N)c2cc3nc(C)ccc3o2)s1. The summed E-state index contributed by atoms with van der Waals surface area (Å²) in [7, 11) is 0. The first-order chi connectivity index (χ1) is 9.17. The molecular weight excluding hydrogens is 256 g/mol. The standard InChI is InChI=1S/C15H16N2OS/c1-3-10-5-7-14(19-10)15(16)13-8-11-12(18-13)6-4-9(2)17-11/h4-8,15H,3,16H2,1-2H3. The van der Waals surface area contributed by atoms with Gasteiger partial charge in [-0.15, -0.1) is 11.3 Å². The fraction of sp³-hybridized carbons (Fsp3) is 0.267. The molecule has 3 aromatic rings. The average Bonchev–Trinajstić information content (AvgIpc) is 3.03. The van der Waals surface area contributed by atoms with Crippen molar-refractivity contribution in [1.29, 1.82) is 0 Å². The van der Waals surface area contributed by atoms with Crippen LogP contribution in [0.2, 0.25) is 0 Å². The summed E-state index contributed by atoms with van der Waals surface area (Å²) in [5.41, 5.74) is 8.93. The Morgan fingerprint density at radius 2 is 2.16 bits per heavy atom. The van der Waals surface area contributed by atoms with E-state index in [-0.39, 0.29) is 6.04 Å². The molecule has 2 N–H and O–H groups in total. The Balaban J connectivity index is 1.98. The second-order valence-corrected chi connectivity index (χ2v) is 5.82. The van der Waals surface area contributed by atoms with Crippen molar-refractivity contribution >= 4 is 22.4 Å². The molecule has 0 saturated carbocycles. The number of fused-ring (bicyclic) bond motifs is 1. The molecule has 3 heterocycles. The number of pyridine rings is 1. The van der Waals surface area contributed by atoms with Gasteiger partial charge in [0.2, 0.25) is 0 Å². The zero-order chi connectivity index (χ0) is 13.4. The molecule has 1 unspecified atom stereocenters.